The maximum absolute atomic E-state index is 13.4. The van der Waals surface area contributed by atoms with E-state index in [9.17, 15) is 9.18 Å². The van der Waals surface area contributed by atoms with Crippen LogP contribution in [0.2, 0.25) is 0 Å². The van der Waals surface area contributed by atoms with Crippen LogP contribution in [0.25, 0.3) is 0 Å². The smallest absolute Gasteiger partial charge is 0.226 e. The molecule has 0 atom stereocenters. The molecule has 2 rings (SSSR count). The molecule has 0 saturated heterocycles. The molecule has 3 nitrogen and oxygen atoms in total. The summed E-state index contributed by atoms with van der Waals surface area (Å²) in [6.45, 7) is 4.54. The lowest BCUT2D eigenvalue weighted by Gasteiger charge is -2.11. The molecule has 0 unspecified atom stereocenters. The SMILES string of the molecule is Cc1ccc(C)c(NCCC(=O)Nc2ccccc2F)c1. The highest BCUT2D eigenvalue weighted by Gasteiger charge is 2.06. The number of halogens is 1. The first kappa shape index (κ1) is 15.0. The van der Waals surface area contributed by atoms with E-state index in [0.717, 1.165) is 11.3 Å². The van der Waals surface area contributed by atoms with E-state index in [-0.39, 0.29) is 18.0 Å². The normalized spacial score (nSPS) is 10.2. The van der Waals surface area contributed by atoms with Crippen LogP contribution in [0.3, 0.4) is 0 Å². The van der Waals surface area contributed by atoms with Crippen LogP contribution in [0.5, 0.6) is 0 Å². The lowest BCUT2D eigenvalue weighted by atomic mass is 10.1. The predicted molar refractivity (Wildman–Crippen MR) is 84.1 cm³/mol. The predicted octanol–water partition coefficient (Wildman–Crippen LogP) is 3.88. The van der Waals surface area contributed by atoms with E-state index in [1.807, 2.05) is 32.0 Å². The Hall–Kier alpha value is -2.36. The summed E-state index contributed by atoms with van der Waals surface area (Å²) in [7, 11) is 0. The van der Waals surface area contributed by atoms with Gasteiger partial charge in [-0.2, -0.15) is 0 Å². The fourth-order valence-corrected chi connectivity index (χ4v) is 2.01. The zero-order valence-electron chi connectivity index (χ0n) is 12.2. The number of hydrogen-bond acceptors (Lipinski definition) is 2. The van der Waals surface area contributed by atoms with Gasteiger partial charge in [-0.3, -0.25) is 4.79 Å². The van der Waals surface area contributed by atoms with E-state index < -0.39 is 5.82 Å². The number of para-hydroxylation sites is 1. The van der Waals surface area contributed by atoms with Gasteiger partial charge in [-0.05, 0) is 43.2 Å². The van der Waals surface area contributed by atoms with Gasteiger partial charge in [0.25, 0.3) is 0 Å². The summed E-state index contributed by atoms with van der Waals surface area (Å²) in [4.78, 5) is 11.8. The van der Waals surface area contributed by atoms with Crippen LogP contribution in [-0.4, -0.2) is 12.5 Å². The second-order valence-corrected chi connectivity index (χ2v) is 5.02. The molecule has 0 aliphatic heterocycles. The van der Waals surface area contributed by atoms with Crippen molar-refractivity contribution in [2.45, 2.75) is 20.3 Å². The van der Waals surface area contributed by atoms with Gasteiger partial charge in [0.05, 0.1) is 5.69 Å². The summed E-state index contributed by atoms with van der Waals surface area (Å²) in [5.74, 6) is -0.633. The molecule has 4 heteroatoms. The molecule has 2 N–H and O–H groups in total. The van der Waals surface area contributed by atoms with E-state index in [1.54, 1.807) is 18.2 Å². The molecule has 0 spiro atoms. The largest absolute Gasteiger partial charge is 0.384 e. The maximum atomic E-state index is 13.4. The molecule has 2 aromatic carbocycles. The molecule has 1 amide bonds. The Labute approximate surface area is 124 Å². The van der Waals surface area contributed by atoms with Gasteiger partial charge >= 0.3 is 0 Å². The average molecular weight is 286 g/mol. The van der Waals surface area contributed by atoms with E-state index >= 15 is 0 Å². The Morgan fingerprint density at radius 2 is 1.86 bits per heavy atom. The minimum atomic E-state index is -0.423. The third-order valence-corrected chi connectivity index (χ3v) is 3.21. The van der Waals surface area contributed by atoms with Crippen molar-refractivity contribution in [3.05, 3.63) is 59.4 Å². The molecule has 0 fully saturated rings. The number of amides is 1. The van der Waals surface area contributed by atoms with Crippen molar-refractivity contribution < 1.29 is 9.18 Å². The Bertz CT molecular complexity index is 640. The Morgan fingerprint density at radius 1 is 1.10 bits per heavy atom. The van der Waals surface area contributed by atoms with Crippen LogP contribution in [-0.2, 0) is 4.79 Å². The van der Waals surface area contributed by atoms with Crippen molar-refractivity contribution >= 4 is 17.3 Å². The monoisotopic (exact) mass is 286 g/mol. The minimum Gasteiger partial charge on any atom is -0.384 e. The Morgan fingerprint density at radius 3 is 2.62 bits per heavy atom. The van der Waals surface area contributed by atoms with Crippen molar-refractivity contribution in [2.75, 3.05) is 17.2 Å². The standard InChI is InChI=1S/C17H19FN2O/c1-12-7-8-13(2)16(11-12)19-10-9-17(21)20-15-6-4-3-5-14(15)18/h3-8,11,19H,9-10H2,1-2H3,(H,20,21). The third-order valence-electron chi connectivity index (χ3n) is 3.21. The van der Waals surface area contributed by atoms with E-state index in [0.29, 0.717) is 6.54 Å². The Balaban J connectivity index is 1.85. The number of benzene rings is 2. The maximum Gasteiger partial charge on any atom is 0.226 e. The van der Waals surface area contributed by atoms with Crippen LogP contribution in [0, 0.1) is 19.7 Å². The molecule has 0 heterocycles. The van der Waals surface area contributed by atoms with Crippen LogP contribution < -0.4 is 10.6 Å². The lowest BCUT2D eigenvalue weighted by Crippen LogP contribution is -2.17. The summed E-state index contributed by atoms with van der Waals surface area (Å²) in [6.07, 6.45) is 0.279. The molecule has 2 aromatic rings. The first-order chi connectivity index (χ1) is 10.1. The third kappa shape index (κ3) is 4.31. The highest BCUT2D eigenvalue weighted by atomic mass is 19.1. The minimum absolute atomic E-state index is 0.210. The van der Waals surface area contributed by atoms with Gasteiger partial charge in [-0.15, -0.1) is 0 Å². The fraction of sp³-hybridized carbons (Fsp3) is 0.235. The number of aryl methyl sites for hydroxylation is 2. The summed E-state index contributed by atoms with van der Waals surface area (Å²) >= 11 is 0. The molecule has 0 bridgehead atoms. The Kier molecular flexibility index (Phi) is 4.93. The van der Waals surface area contributed by atoms with Gasteiger partial charge < -0.3 is 10.6 Å². The van der Waals surface area contributed by atoms with E-state index in [2.05, 4.69) is 10.6 Å². The molecule has 0 radical (unpaired) electrons. The molecule has 110 valence electrons. The van der Waals surface area contributed by atoms with E-state index in [1.165, 1.54) is 11.6 Å². The molecular weight excluding hydrogens is 267 g/mol. The van der Waals surface area contributed by atoms with Crippen LogP contribution in [0.15, 0.2) is 42.5 Å². The van der Waals surface area contributed by atoms with Gasteiger partial charge in [-0.1, -0.05) is 24.3 Å². The molecule has 0 saturated carbocycles. The van der Waals surface area contributed by atoms with Crippen molar-refractivity contribution in [2.24, 2.45) is 0 Å². The van der Waals surface area contributed by atoms with Crippen LogP contribution >= 0.6 is 0 Å². The number of anilines is 2. The zero-order valence-corrected chi connectivity index (χ0v) is 12.2. The summed E-state index contributed by atoms with van der Waals surface area (Å²) in [5.41, 5.74) is 3.54. The van der Waals surface area contributed by atoms with Gasteiger partial charge in [0.1, 0.15) is 5.82 Å². The molecule has 0 aromatic heterocycles. The van der Waals surface area contributed by atoms with Crippen molar-refractivity contribution in [3.63, 3.8) is 0 Å². The average Bonchev–Trinajstić information content (AvgIpc) is 2.45. The second kappa shape index (κ2) is 6.88. The van der Waals surface area contributed by atoms with Crippen molar-refractivity contribution in [1.82, 2.24) is 0 Å². The number of carbonyl (C=O) groups is 1. The van der Waals surface area contributed by atoms with Crippen LogP contribution in [0.1, 0.15) is 17.5 Å². The van der Waals surface area contributed by atoms with Gasteiger partial charge in [0.2, 0.25) is 5.91 Å². The quantitative estimate of drug-likeness (QED) is 0.875. The topological polar surface area (TPSA) is 41.1 Å². The zero-order chi connectivity index (χ0) is 15.2. The molecule has 0 aliphatic rings. The van der Waals surface area contributed by atoms with E-state index in [4.69, 9.17) is 0 Å². The summed E-state index contributed by atoms with van der Waals surface area (Å²) < 4.78 is 13.4. The lowest BCUT2D eigenvalue weighted by molar-refractivity contribution is -0.116. The molecular formula is C17H19FN2O. The number of rotatable bonds is 5. The first-order valence-corrected chi connectivity index (χ1v) is 6.92. The summed E-state index contributed by atoms with van der Waals surface area (Å²) in [6, 6.07) is 12.3. The van der Waals surface area contributed by atoms with Crippen molar-refractivity contribution in [1.29, 1.82) is 0 Å². The number of nitrogens with one attached hydrogen (secondary N) is 2. The fourth-order valence-electron chi connectivity index (χ4n) is 2.01. The van der Waals surface area contributed by atoms with Gasteiger partial charge in [-0.25, -0.2) is 4.39 Å². The summed E-state index contributed by atoms with van der Waals surface area (Å²) in [5, 5.41) is 5.80. The first-order valence-electron chi connectivity index (χ1n) is 6.92. The highest BCUT2D eigenvalue weighted by Crippen LogP contribution is 2.16. The van der Waals surface area contributed by atoms with Crippen LogP contribution in [0.4, 0.5) is 15.8 Å². The molecule has 0 aliphatic carbocycles. The number of hydrogen-bond donors (Lipinski definition) is 2. The van der Waals surface area contributed by atoms with Gasteiger partial charge in [0.15, 0.2) is 0 Å². The number of carbonyl (C=O) groups excluding carboxylic acids is 1. The van der Waals surface area contributed by atoms with Crippen molar-refractivity contribution in [3.8, 4) is 0 Å². The highest BCUT2D eigenvalue weighted by molar-refractivity contribution is 5.91. The van der Waals surface area contributed by atoms with Gasteiger partial charge in [0, 0.05) is 18.7 Å². The molecule has 21 heavy (non-hydrogen) atoms. The second-order valence-electron chi connectivity index (χ2n) is 5.02.